The van der Waals surface area contributed by atoms with Gasteiger partial charge in [0.1, 0.15) is 6.54 Å². The van der Waals surface area contributed by atoms with E-state index in [0.29, 0.717) is 18.4 Å². The number of halogens is 1. The second-order valence-corrected chi connectivity index (χ2v) is 7.49. The summed E-state index contributed by atoms with van der Waals surface area (Å²) in [4.78, 5) is 16.1. The predicted octanol–water partition coefficient (Wildman–Crippen LogP) is 2.53. The number of amides is 1. The van der Waals surface area contributed by atoms with E-state index in [9.17, 15) is 4.79 Å². The lowest BCUT2D eigenvalue weighted by atomic mass is 9.78. The smallest absolute Gasteiger partial charge is 0.241 e. The van der Waals surface area contributed by atoms with E-state index in [1.165, 1.54) is 0 Å². The first-order chi connectivity index (χ1) is 11.4. The van der Waals surface area contributed by atoms with E-state index in [1.54, 1.807) is 0 Å². The number of guanidine groups is 1. The maximum atomic E-state index is 11.7. The zero-order valence-corrected chi connectivity index (χ0v) is 18.8. The lowest BCUT2D eigenvalue weighted by Gasteiger charge is -2.40. The van der Waals surface area contributed by atoms with Crippen molar-refractivity contribution in [1.82, 2.24) is 16.0 Å². The molecule has 148 valence electrons. The third-order valence-electron chi connectivity index (χ3n) is 4.13. The monoisotopic (exact) mass is 468 g/mol. The number of carbonyl (C=O) groups is 1. The normalized spacial score (nSPS) is 21.2. The summed E-state index contributed by atoms with van der Waals surface area (Å²) in [5, 5.41) is 9.43. The highest BCUT2D eigenvalue weighted by molar-refractivity contribution is 14.0. The van der Waals surface area contributed by atoms with Crippen molar-refractivity contribution in [2.75, 3.05) is 32.8 Å². The molecule has 0 saturated carbocycles. The van der Waals surface area contributed by atoms with Crippen molar-refractivity contribution in [3.8, 4) is 0 Å². The van der Waals surface area contributed by atoms with Crippen LogP contribution in [0, 0.1) is 11.3 Å². The van der Waals surface area contributed by atoms with Gasteiger partial charge in [-0.15, -0.1) is 24.0 Å². The number of nitrogens with zero attached hydrogens (tertiary/aromatic N) is 1. The molecule has 0 aromatic heterocycles. The molecule has 3 N–H and O–H groups in total. The highest BCUT2D eigenvalue weighted by Crippen LogP contribution is 2.33. The van der Waals surface area contributed by atoms with Gasteiger partial charge in [-0.25, -0.2) is 4.99 Å². The number of nitrogens with one attached hydrogen (secondary N) is 3. The lowest BCUT2D eigenvalue weighted by molar-refractivity contribution is -0.119. The van der Waals surface area contributed by atoms with Gasteiger partial charge in [-0.2, -0.15) is 0 Å². The fraction of sp³-hybridized carbons (Fsp3) is 0.889. The minimum atomic E-state index is -0.0392. The Hall–Kier alpha value is -0.570. The number of hydrogen-bond acceptors (Lipinski definition) is 3. The van der Waals surface area contributed by atoms with E-state index in [-0.39, 0.29) is 47.9 Å². The van der Waals surface area contributed by atoms with Gasteiger partial charge in [0, 0.05) is 32.2 Å². The van der Waals surface area contributed by atoms with Crippen LogP contribution < -0.4 is 16.0 Å². The van der Waals surface area contributed by atoms with Gasteiger partial charge in [-0.3, -0.25) is 4.79 Å². The van der Waals surface area contributed by atoms with E-state index in [4.69, 9.17) is 4.74 Å². The fourth-order valence-corrected chi connectivity index (χ4v) is 3.05. The molecule has 0 aromatic rings. The Morgan fingerprint density at radius 3 is 2.52 bits per heavy atom. The van der Waals surface area contributed by atoms with Gasteiger partial charge in [0.2, 0.25) is 5.91 Å². The zero-order chi connectivity index (χ0) is 18.0. The molecule has 0 radical (unpaired) electrons. The SMILES string of the molecule is CCCNC(=O)CN=C(NCC)NCC1CCCOC1C(C)(C)C.I. The Balaban J connectivity index is 0.00000576. The van der Waals surface area contributed by atoms with Crippen LogP contribution in [0.15, 0.2) is 4.99 Å². The highest BCUT2D eigenvalue weighted by atomic mass is 127. The topological polar surface area (TPSA) is 74.8 Å². The molecule has 1 rings (SSSR count). The minimum absolute atomic E-state index is 0. The van der Waals surface area contributed by atoms with Crippen LogP contribution >= 0.6 is 24.0 Å². The molecule has 1 amide bonds. The van der Waals surface area contributed by atoms with Crippen LogP contribution in [-0.4, -0.2) is 50.8 Å². The van der Waals surface area contributed by atoms with Gasteiger partial charge >= 0.3 is 0 Å². The summed E-state index contributed by atoms with van der Waals surface area (Å²) >= 11 is 0. The quantitative estimate of drug-likeness (QED) is 0.305. The van der Waals surface area contributed by atoms with Crippen molar-refractivity contribution in [1.29, 1.82) is 0 Å². The molecule has 1 heterocycles. The molecule has 7 heteroatoms. The first-order valence-electron chi connectivity index (χ1n) is 9.29. The molecule has 1 saturated heterocycles. The summed E-state index contributed by atoms with van der Waals surface area (Å²) in [5.74, 6) is 1.11. The second-order valence-electron chi connectivity index (χ2n) is 7.49. The van der Waals surface area contributed by atoms with Gasteiger partial charge in [0.15, 0.2) is 5.96 Å². The van der Waals surface area contributed by atoms with Gasteiger partial charge in [-0.05, 0) is 31.6 Å². The molecule has 0 spiro atoms. The van der Waals surface area contributed by atoms with E-state index < -0.39 is 0 Å². The van der Waals surface area contributed by atoms with Gasteiger partial charge in [0.05, 0.1) is 6.10 Å². The maximum absolute atomic E-state index is 11.7. The van der Waals surface area contributed by atoms with Crippen LogP contribution in [0.5, 0.6) is 0 Å². The summed E-state index contributed by atoms with van der Waals surface area (Å²) in [7, 11) is 0. The van der Waals surface area contributed by atoms with Gasteiger partial charge < -0.3 is 20.7 Å². The number of rotatable bonds is 7. The highest BCUT2D eigenvalue weighted by Gasteiger charge is 2.35. The van der Waals surface area contributed by atoms with Crippen LogP contribution in [0.3, 0.4) is 0 Å². The van der Waals surface area contributed by atoms with E-state index in [0.717, 1.165) is 39.0 Å². The Bertz CT molecular complexity index is 410. The second kappa shape index (κ2) is 12.7. The predicted molar refractivity (Wildman–Crippen MR) is 115 cm³/mol. The summed E-state index contributed by atoms with van der Waals surface area (Å²) in [5.41, 5.74) is 0.127. The Morgan fingerprint density at radius 1 is 1.20 bits per heavy atom. The number of ether oxygens (including phenoxy) is 1. The Kier molecular flexibility index (Phi) is 12.4. The number of aliphatic imine (C=N–C) groups is 1. The average Bonchev–Trinajstić information content (AvgIpc) is 2.54. The third kappa shape index (κ3) is 9.63. The summed E-state index contributed by atoms with van der Waals surface area (Å²) in [6.07, 6.45) is 3.44. The zero-order valence-electron chi connectivity index (χ0n) is 16.5. The molecular weight excluding hydrogens is 431 g/mol. The van der Waals surface area contributed by atoms with Crippen molar-refractivity contribution in [2.45, 2.75) is 60.0 Å². The number of carbonyl (C=O) groups excluding carboxylic acids is 1. The summed E-state index contributed by atoms with van der Waals surface area (Å²) in [6.45, 7) is 14.0. The van der Waals surface area contributed by atoms with Crippen molar-refractivity contribution in [2.24, 2.45) is 16.3 Å². The van der Waals surface area contributed by atoms with Crippen LogP contribution in [-0.2, 0) is 9.53 Å². The van der Waals surface area contributed by atoms with Crippen LogP contribution in [0.4, 0.5) is 0 Å². The maximum Gasteiger partial charge on any atom is 0.241 e. The lowest BCUT2D eigenvalue weighted by Crippen LogP contribution is -2.47. The molecule has 2 unspecified atom stereocenters. The molecule has 25 heavy (non-hydrogen) atoms. The largest absolute Gasteiger partial charge is 0.377 e. The molecule has 6 nitrogen and oxygen atoms in total. The molecule has 2 atom stereocenters. The van der Waals surface area contributed by atoms with Gasteiger partial charge in [-0.1, -0.05) is 27.7 Å². The van der Waals surface area contributed by atoms with E-state index in [1.807, 2.05) is 13.8 Å². The Morgan fingerprint density at radius 2 is 1.92 bits per heavy atom. The molecule has 0 bridgehead atoms. The van der Waals surface area contributed by atoms with Crippen LogP contribution in [0.1, 0.15) is 53.9 Å². The molecule has 0 aliphatic carbocycles. The van der Waals surface area contributed by atoms with Crippen LogP contribution in [0.2, 0.25) is 0 Å². The van der Waals surface area contributed by atoms with Crippen LogP contribution in [0.25, 0.3) is 0 Å². The minimum Gasteiger partial charge on any atom is -0.377 e. The van der Waals surface area contributed by atoms with Crippen molar-refractivity contribution < 1.29 is 9.53 Å². The molecular formula is C18H37IN4O2. The van der Waals surface area contributed by atoms with Crippen molar-refractivity contribution >= 4 is 35.8 Å². The first-order valence-corrected chi connectivity index (χ1v) is 9.29. The van der Waals surface area contributed by atoms with Crippen molar-refractivity contribution in [3.05, 3.63) is 0 Å². The van der Waals surface area contributed by atoms with Crippen molar-refractivity contribution in [3.63, 3.8) is 0 Å². The molecule has 1 fully saturated rings. The molecule has 1 aliphatic heterocycles. The van der Waals surface area contributed by atoms with E-state index >= 15 is 0 Å². The molecule has 1 aliphatic rings. The van der Waals surface area contributed by atoms with E-state index in [2.05, 4.69) is 41.7 Å². The average molecular weight is 468 g/mol. The third-order valence-corrected chi connectivity index (χ3v) is 4.13. The van der Waals surface area contributed by atoms with Gasteiger partial charge in [0.25, 0.3) is 0 Å². The standard InChI is InChI=1S/C18H36N4O2.HI/c1-6-10-20-15(23)13-22-17(19-7-2)21-12-14-9-8-11-24-16(14)18(3,4)5;/h14,16H,6-13H2,1-5H3,(H,20,23)(H2,19,21,22);1H. The summed E-state index contributed by atoms with van der Waals surface area (Å²) in [6, 6.07) is 0. The molecule has 0 aromatic carbocycles. The first kappa shape index (κ1) is 24.4. The fourth-order valence-electron chi connectivity index (χ4n) is 3.05. The summed E-state index contributed by atoms with van der Waals surface area (Å²) < 4.78 is 6.03. The number of hydrogen-bond donors (Lipinski definition) is 3. The Labute approximate surface area is 170 Å².